The van der Waals surface area contributed by atoms with Crippen molar-refractivity contribution in [3.8, 4) is 0 Å². The minimum absolute atomic E-state index is 0.143. The third-order valence-electron chi connectivity index (χ3n) is 5.04. The van der Waals surface area contributed by atoms with Crippen LogP contribution in [-0.2, 0) is 11.0 Å². The van der Waals surface area contributed by atoms with Crippen molar-refractivity contribution in [3.05, 3.63) is 40.4 Å². The van der Waals surface area contributed by atoms with Gasteiger partial charge in [0, 0.05) is 25.2 Å². The summed E-state index contributed by atoms with van der Waals surface area (Å²) in [5, 5.41) is -0.341. The lowest BCUT2D eigenvalue weighted by atomic mass is 10.1. The van der Waals surface area contributed by atoms with Crippen molar-refractivity contribution < 1.29 is 18.0 Å². The summed E-state index contributed by atoms with van der Waals surface area (Å²) in [6.07, 6.45) is 2.65. The third kappa shape index (κ3) is 4.60. The zero-order valence-corrected chi connectivity index (χ0v) is 15.2. The van der Waals surface area contributed by atoms with Crippen LogP contribution in [0.1, 0.15) is 36.8 Å². The average Bonchev–Trinajstić information content (AvgIpc) is 3.25. The molecule has 26 heavy (non-hydrogen) atoms. The number of benzene rings is 1. The van der Waals surface area contributed by atoms with Crippen LogP contribution in [0.5, 0.6) is 0 Å². The molecule has 1 aromatic carbocycles. The molecule has 0 saturated carbocycles. The molecule has 1 amide bonds. The van der Waals surface area contributed by atoms with Crippen molar-refractivity contribution in [3.63, 3.8) is 0 Å². The first-order valence-electron chi connectivity index (χ1n) is 8.92. The van der Waals surface area contributed by atoms with Gasteiger partial charge in [-0.1, -0.05) is 17.7 Å². The first kappa shape index (κ1) is 19.2. The van der Waals surface area contributed by atoms with Gasteiger partial charge in [0.1, 0.15) is 0 Å². The Bertz CT molecular complexity index is 684. The van der Waals surface area contributed by atoms with Gasteiger partial charge in [-0.3, -0.25) is 4.79 Å². The SMILES string of the molecule is O=C(/C=C/c1ccc(Cl)c(C(F)(F)F)c1)N1CCC[C@H]1CN1CCCC1. The Hall–Kier alpha value is -1.53. The highest BCUT2D eigenvalue weighted by atomic mass is 35.5. The first-order chi connectivity index (χ1) is 12.3. The van der Waals surface area contributed by atoms with Crippen LogP contribution in [0.25, 0.3) is 6.08 Å². The fraction of sp³-hybridized carbons (Fsp3) is 0.526. The van der Waals surface area contributed by atoms with E-state index in [4.69, 9.17) is 11.6 Å². The molecule has 2 heterocycles. The summed E-state index contributed by atoms with van der Waals surface area (Å²) >= 11 is 5.62. The molecule has 0 N–H and O–H groups in total. The largest absolute Gasteiger partial charge is 0.417 e. The van der Waals surface area contributed by atoms with E-state index in [0.29, 0.717) is 12.1 Å². The molecule has 3 nitrogen and oxygen atoms in total. The molecule has 0 radical (unpaired) electrons. The Morgan fingerprint density at radius 1 is 1.19 bits per heavy atom. The monoisotopic (exact) mass is 386 g/mol. The number of hydrogen-bond acceptors (Lipinski definition) is 2. The zero-order valence-electron chi connectivity index (χ0n) is 14.4. The number of amides is 1. The maximum Gasteiger partial charge on any atom is 0.417 e. The molecular formula is C19H22ClF3N2O. The van der Waals surface area contributed by atoms with Gasteiger partial charge in [0.05, 0.1) is 10.6 Å². The van der Waals surface area contributed by atoms with Crippen LogP contribution in [0.3, 0.4) is 0 Å². The lowest BCUT2D eigenvalue weighted by Crippen LogP contribution is -2.41. The quantitative estimate of drug-likeness (QED) is 0.713. The van der Waals surface area contributed by atoms with Gasteiger partial charge in [-0.15, -0.1) is 0 Å². The Kier molecular flexibility index (Phi) is 5.92. The summed E-state index contributed by atoms with van der Waals surface area (Å²) in [5.41, 5.74) is -0.577. The van der Waals surface area contributed by atoms with E-state index in [-0.39, 0.29) is 17.0 Å². The van der Waals surface area contributed by atoms with Crippen LogP contribution in [0.4, 0.5) is 13.2 Å². The number of carbonyl (C=O) groups excluding carboxylic acids is 1. The van der Waals surface area contributed by atoms with Crippen molar-refractivity contribution >= 4 is 23.6 Å². The smallest absolute Gasteiger partial charge is 0.335 e. The average molecular weight is 387 g/mol. The second-order valence-electron chi connectivity index (χ2n) is 6.91. The molecule has 1 atom stereocenters. The normalized spacial score (nSPS) is 21.8. The Morgan fingerprint density at radius 2 is 1.92 bits per heavy atom. The number of likely N-dealkylation sites (tertiary alicyclic amines) is 2. The molecule has 0 spiro atoms. The third-order valence-corrected chi connectivity index (χ3v) is 5.37. The van der Waals surface area contributed by atoms with Crippen LogP contribution >= 0.6 is 11.6 Å². The zero-order chi connectivity index (χ0) is 18.7. The van der Waals surface area contributed by atoms with Gasteiger partial charge < -0.3 is 9.80 Å². The molecule has 3 rings (SSSR count). The van der Waals surface area contributed by atoms with Gasteiger partial charge in [-0.2, -0.15) is 13.2 Å². The van der Waals surface area contributed by atoms with Crippen molar-refractivity contribution in [2.24, 2.45) is 0 Å². The highest BCUT2D eigenvalue weighted by molar-refractivity contribution is 6.31. The maximum absolute atomic E-state index is 12.9. The van der Waals surface area contributed by atoms with Crippen LogP contribution in [-0.4, -0.2) is 47.9 Å². The van der Waals surface area contributed by atoms with Crippen molar-refractivity contribution in [1.29, 1.82) is 0 Å². The first-order valence-corrected chi connectivity index (χ1v) is 9.30. The molecule has 1 aromatic rings. The van der Waals surface area contributed by atoms with E-state index in [1.807, 2.05) is 4.90 Å². The van der Waals surface area contributed by atoms with Gasteiger partial charge in [-0.05, 0) is 62.5 Å². The molecule has 0 aliphatic carbocycles. The lowest BCUT2D eigenvalue weighted by Gasteiger charge is -2.27. The van der Waals surface area contributed by atoms with E-state index < -0.39 is 11.7 Å². The lowest BCUT2D eigenvalue weighted by molar-refractivity contribution is -0.137. The second-order valence-corrected chi connectivity index (χ2v) is 7.31. The summed E-state index contributed by atoms with van der Waals surface area (Å²) in [6, 6.07) is 3.85. The number of nitrogens with zero attached hydrogens (tertiary/aromatic N) is 2. The second kappa shape index (κ2) is 8.01. The maximum atomic E-state index is 12.9. The van der Waals surface area contributed by atoms with E-state index in [0.717, 1.165) is 38.5 Å². The molecule has 0 aromatic heterocycles. The Balaban J connectivity index is 1.67. The van der Waals surface area contributed by atoms with Crippen molar-refractivity contribution in [2.45, 2.75) is 37.9 Å². The van der Waals surface area contributed by atoms with Crippen molar-refractivity contribution in [2.75, 3.05) is 26.2 Å². The van der Waals surface area contributed by atoms with E-state index in [1.54, 1.807) is 0 Å². The number of halogens is 4. The van der Waals surface area contributed by atoms with Gasteiger partial charge in [0.15, 0.2) is 0 Å². The van der Waals surface area contributed by atoms with Crippen molar-refractivity contribution in [1.82, 2.24) is 9.80 Å². The summed E-state index contributed by atoms with van der Waals surface area (Å²) in [4.78, 5) is 16.8. The van der Waals surface area contributed by atoms with Gasteiger partial charge in [0.2, 0.25) is 5.91 Å². The number of carbonyl (C=O) groups is 1. The summed E-state index contributed by atoms with van der Waals surface area (Å²) in [5.74, 6) is -0.143. The van der Waals surface area contributed by atoms with Gasteiger partial charge >= 0.3 is 6.18 Å². The molecule has 2 aliphatic rings. The fourth-order valence-electron chi connectivity index (χ4n) is 3.71. The predicted octanol–water partition coefficient (Wildman–Crippen LogP) is 4.46. The minimum Gasteiger partial charge on any atom is -0.335 e. The molecular weight excluding hydrogens is 365 g/mol. The van der Waals surface area contributed by atoms with E-state index in [2.05, 4.69) is 4.90 Å². The Labute approximate surface area is 156 Å². The topological polar surface area (TPSA) is 23.6 Å². The van der Waals surface area contributed by atoms with Gasteiger partial charge in [-0.25, -0.2) is 0 Å². The van der Waals surface area contributed by atoms with Crippen LogP contribution in [0.15, 0.2) is 24.3 Å². The van der Waals surface area contributed by atoms with E-state index >= 15 is 0 Å². The fourth-order valence-corrected chi connectivity index (χ4v) is 3.93. The molecule has 2 fully saturated rings. The van der Waals surface area contributed by atoms with Crippen LogP contribution in [0, 0.1) is 0 Å². The summed E-state index contributed by atoms with van der Waals surface area (Å²) in [7, 11) is 0. The number of hydrogen-bond donors (Lipinski definition) is 0. The number of rotatable bonds is 4. The molecule has 0 unspecified atom stereocenters. The number of alkyl halides is 3. The predicted molar refractivity (Wildman–Crippen MR) is 95.9 cm³/mol. The van der Waals surface area contributed by atoms with Crippen LogP contribution < -0.4 is 0 Å². The molecule has 7 heteroatoms. The summed E-state index contributed by atoms with van der Waals surface area (Å²) < 4.78 is 38.8. The molecule has 2 aliphatic heterocycles. The molecule has 2 saturated heterocycles. The van der Waals surface area contributed by atoms with E-state index in [9.17, 15) is 18.0 Å². The molecule has 0 bridgehead atoms. The highest BCUT2D eigenvalue weighted by Gasteiger charge is 2.33. The van der Waals surface area contributed by atoms with Crippen LogP contribution in [0.2, 0.25) is 5.02 Å². The van der Waals surface area contributed by atoms with Gasteiger partial charge in [0.25, 0.3) is 0 Å². The summed E-state index contributed by atoms with van der Waals surface area (Å²) in [6.45, 7) is 3.76. The standard InChI is InChI=1S/C19H22ClF3N2O/c20-17-7-5-14(12-16(17)19(21,22)23)6-8-18(26)25-11-3-4-15(25)13-24-9-1-2-10-24/h5-8,12,15H,1-4,9-11,13H2/b8-6+/t15-/m0/s1. The van der Waals surface area contributed by atoms with E-state index in [1.165, 1.54) is 37.1 Å². The Morgan fingerprint density at radius 3 is 2.62 bits per heavy atom. The highest BCUT2D eigenvalue weighted by Crippen LogP contribution is 2.35. The molecule has 142 valence electrons. The minimum atomic E-state index is -4.51.